The van der Waals surface area contributed by atoms with Crippen molar-refractivity contribution in [1.29, 1.82) is 0 Å². The van der Waals surface area contributed by atoms with Crippen LogP contribution in [0.25, 0.3) is 0 Å². The molecule has 0 fully saturated rings. The maximum atomic E-state index is 12.6. The van der Waals surface area contributed by atoms with Crippen LogP contribution in [0.2, 0.25) is 0 Å². The van der Waals surface area contributed by atoms with E-state index >= 15 is 0 Å². The minimum atomic E-state index is -0.831. The highest BCUT2D eigenvalue weighted by Gasteiger charge is 2.19. The average molecular weight is 769 g/mol. The summed E-state index contributed by atoms with van der Waals surface area (Å²) in [6.07, 6.45) is 52.6. The van der Waals surface area contributed by atoms with Crippen LogP contribution >= 0.6 is 0 Å². The number of rotatable bonds is 40. The van der Waals surface area contributed by atoms with Crippen molar-refractivity contribution < 1.29 is 28.6 Å². The van der Waals surface area contributed by atoms with Gasteiger partial charge in [0.2, 0.25) is 0 Å². The summed E-state index contributed by atoms with van der Waals surface area (Å²) in [4.78, 5) is 37.5. The number of carbonyl (C=O) groups excluding carboxylic acids is 3. The van der Waals surface area contributed by atoms with E-state index in [1.165, 1.54) is 116 Å². The van der Waals surface area contributed by atoms with Crippen LogP contribution in [0.15, 0.2) is 60.8 Å². The summed E-state index contributed by atoms with van der Waals surface area (Å²) in [6, 6.07) is 0. The lowest BCUT2D eigenvalue weighted by Crippen LogP contribution is -2.30. The topological polar surface area (TPSA) is 78.9 Å². The van der Waals surface area contributed by atoms with Gasteiger partial charge in [-0.1, -0.05) is 178 Å². The molecule has 0 aliphatic rings. The zero-order chi connectivity index (χ0) is 40.1. The average Bonchev–Trinajstić information content (AvgIpc) is 3.18. The Morgan fingerprint density at radius 3 is 1.27 bits per heavy atom. The highest BCUT2D eigenvalue weighted by molar-refractivity contribution is 5.72. The molecule has 0 radical (unpaired) electrons. The number of hydrogen-bond acceptors (Lipinski definition) is 6. The van der Waals surface area contributed by atoms with E-state index in [0.29, 0.717) is 19.3 Å². The summed E-state index contributed by atoms with van der Waals surface area (Å²) in [5, 5.41) is 0. The van der Waals surface area contributed by atoms with Gasteiger partial charge in [0.05, 0.1) is 6.42 Å². The lowest BCUT2D eigenvalue weighted by Gasteiger charge is -2.18. The number of unbranched alkanes of at least 4 members (excludes halogenated alkanes) is 20. The normalized spacial score (nSPS) is 12.6. The molecule has 6 heteroatoms. The lowest BCUT2D eigenvalue weighted by atomic mass is 10.1. The van der Waals surface area contributed by atoms with Crippen LogP contribution in [-0.2, 0) is 28.6 Å². The molecule has 0 saturated carbocycles. The standard InChI is InChI=1S/C49H84O6/c1-4-7-10-13-16-19-20-21-22-23-24-25-26-27-28-31-33-36-39-42-48(51)54-45-46(55-49(52)43-40-37-34-30-18-15-12-9-6-3)44-53-47(50)41-38-35-32-29-17-14-11-8-5-2/h9,12,18,23-24,29-30,32,37,40,46H,4-8,10-11,13-17,19-22,25-28,31,33-36,38-39,41-45H2,1-3H3/b12-9-,24-23-,30-18-,32-29-,40-37-. The second-order valence-electron chi connectivity index (χ2n) is 14.9. The molecule has 0 aliphatic heterocycles. The van der Waals surface area contributed by atoms with Crippen LogP contribution in [-0.4, -0.2) is 37.2 Å². The Morgan fingerprint density at radius 2 is 0.782 bits per heavy atom. The molecule has 316 valence electrons. The Kier molecular flexibility index (Phi) is 41.5. The molecular weight excluding hydrogens is 685 g/mol. The van der Waals surface area contributed by atoms with E-state index in [9.17, 15) is 14.4 Å². The summed E-state index contributed by atoms with van der Waals surface area (Å²) in [5.41, 5.74) is 0. The molecule has 0 aromatic heterocycles. The number of hydrogen-bond donors (Lipinski definition) is 0. The smallest absolute Gasteiger partial charge is 0.310 e. The Morgan fingerprint density at radius 1 is 0.400 bits per heavy atom. The molecule has 0 N–H and O–H groups in total. The van der Waals surface area contributed by atoms with Crippen LogP contribution in [0.1, 0.15) is 213 Å². The molecule has 0 bridgehead atoms. The van der Waals surface area contributed by atoms with E-state index in [1.807, 2.05) is 6.08 Å². The first kappa shape index (κ1) is 52.1. The van der Waals surface area contributed by atoms with Crippen LogP contribution < -0.4 is 0 Å². The molecule has 0 aromatic carbocycles. The first-order valence-corrected chi connectivity index (χ1v) is 22.8. The van der Waals surface area contributed by atoms with Gasteiger partial charge in [0.25, 0.3) is 0 Å². The van der Waals surface area contributed by atoms with Gasteiger partial charge in [0.1, 0.15) is 13.2 Å². The molecule has 0 heterocycles. The monoisotopic (exact) mass is 769 g/mol. The largest absolute Gasteiger partial charge is 0.462 e. The predicted octanol–water partition coefficient (Wildman–Crippen LogP) is 14.5. The Balaban J connectivity index is 4.32. The molecule has 0 saturated heterocycles. The third kappa shape index (κ3) is 42.1. The van der Waals surface area contributed by atoms with Gasteiger partial charge >= 0.3 is 17.9 Å². The zero-order valence-corrected chi connectivity index (χ0v) is 35.9. The van der Waals surface area contributed by atoms with Crippen molar-refractivity contribution in [2.24, 2.45) is 0 Å². The highest BCUT2D eigenvalue weighted by Crippen LogP contribution is 2.13. The fourth-order valence-corrected chi connectivity index (χ4v) is 6.09. The van der Waals surface area contributed by atoms with Crippen molar-refractivity contribution in [2.45, 2.75) is 219 Å². The second-order valence-corrected chi connectivity index (χ2v) is 14.9. The van der Waals surface area contributed by atoms with Crippen molar-refractivity contribution in [1.82, 2.24) is 0 Å². The molecule has 6 nitrogen and oxygen atoms in total. The van der Waals surface area contributed by atoms with Gasteiger partial charge < -0.3 is 14.2 Å². The molecule has 0 amide bonds. The van der Waals surface area contributed by atoms with Gasteiger partial charge in [-0.05, 0) is 77.0 Å². The minimum Gasteiger partial charge on any atom is -0.462 e. The molecular formula is C49H84O6. The fourth-order valence-electron chi connectivity index (χ4n) is 6.09. The first-order chi connectivity index (χ1) is 27.0. The third-order valence-electron chi connectivity index (χ3n) is 9.51. The molecule has 55 heavy (non-hydrogen) atoms. The van der Waals surface area contributed by atoms with Crippen molar-refractivity contribution >= 4 is 17.9 Å². The maximum Gasteiger partial charge on any atom is 0.310 e. The quantitative estimate of drug-likeness (QED) is 0.0267. The van der Waals surface area contributed by atoms with Crippen molar-refractivity contribution in [3.8, 4) is 0 Å². The minimum absolute atomic E-state index is 0.100. The van der Waals surface area contributed by atoms with E-state index < -0.39 is 12.1 Å². The van der Waals surface area contributed by atoms with Gasteiger partial charge in [0, 0.05) is 12.8 Å². The molecule has 1 atom stereocenters. The Labute approximate surface area is 339 Å². The molecule has 0 rings (SSSR count). The maximum absolute atomic E-state index is 12.6. The number of ether oxygens (including phenoxy) is 3. The third-order valence-corrected chi connectivity index (χ3v) is 9.51. The van der Waals surface area contributed by atoms with E-state index in [-0.39, 0.29) is 31.6 Å². The van der Waals surface area contributed by atoms with Gasteiger partial charge in [-0.3, -0.25) is 14.4 Å². The summed E-state index contributed by atoms with van der Waals surface area (Å²) < 4.78 is 16.5. The summed E-state index contributed by atoms with van der Waals surface area (Å²) in [6.45, 7) is 6.35. The number of allylic oxidation sites excluding steroid dienone is 9. The van der Waals surface area contributed by atoms with E-state index in [2.05, 4.69) is 69.4 Å². The predicted molar refractivity (Wildman–Crippen MR) is 233 cm³/mol. The second kappa shape index (κ2) is 43.8. The van der Waals surface area contributed by atoms with Crippen molar-refractivity contribution in [3.05, 3.63) is 60.8 Å². The zero-order valence-electron chi connectivity index (χ0n) is 35.9. The number of carbonyl (C=O) groups is 3. The SMILES string of the molecule is CC/C=C\C/C=C\C/C=C\CC(=O)OC(COC(=O)CCC/C=C\CCCCCC)COC(=O)CCCCCCCCC/C=C\CCCCCCCCCC. The van der Waals surface area contributed by atoms with Crippen molar-refractivity contribution in [3.63, 3.8) is 0 Å². The lowest BCUT2D eigenvalue weighted by molar-refractivity contribution is -0.166. The van der Waals surface area contributed by atoms with Gasteiger partial charge in [0.15, 0.2) is 6.10 Å². The van der Waals surface area contributed by atoms with Crippen LogP contribution in [0.3, 0.4) is 0 Å². The summed E-state index contributed by atoms with van der Waals surface area (Å²) in [5.74, 6) is -1.09. The first-order valence-electron chi connectivity index (χ1n) is 22.8. The highest BCUT2D eigenvalue weighted by atomic mass is 16.6. The van der Waals surface area contributed by atoms with Crippen LogP contribution in [0, 0.1) is 0 Å². The molecule has 1 unspecified atom stereocenters. The van der Waals surface area contributed by atoms with E-state index in [1.54, 1.807) is 6.08 Å². The number of esters is 3. The Hall–Kier alpha value is -2.89. The molecule has 0 aromatic rings. The fraction of sp³-hybridized carbons (Fsp3) is 0.735. The summed E-state index contributed by atoms with van der Waals surface area (Å²) in [7, 11) is 0. The van der Waals surface area contributed by atoms with Crippen LogP contribution in [0.5, 0.6) is 0 Å². The van der Waals surface area contributed by atoms with E-state index in [4.69, 9.17) is 14.2 Å². The van der Waals surface area contributed by atoms with Gasteiger partial charge in [-0.25, -0.2) is 0 Å². The van der Waals surface area contributed by atoms with E-state index in [0.717, 1.165) is 51.4 Å². The van der Waals surface area contributed by atoms with Crippen LogP contribution in [0.4, 0.5) is 0 Å². The van der Waals surface area contributed by atoms with Crippen molar-refractivity contribution in [2.75, 3.05) is 13.2 Å². The molecule has 0 spiro atoms. The van der Waals surface area contributed by atoms with Gasteiger partial charge in [-0.2, -0.15) is 0 Å². The van der Waals surface area contributed by atoms with Gasteiger partial charge in [-0.15, -0.1) is 0 Å². The summed E-state index contributed by atoms with van der Waals surface area (Å²) >= 11 is 0. The Bertz CT molecular complexity index is 1020. The molecule has 0 aliphatic carbocycles.